The van der Waals surface area contributed by atoms with Gasteiger partial charge >= 0.3 is 5.97 Å². The predicted octanol–water partition coefficient (Wildman–Crippen LogP) is 5.44. The van der Waals surface area contributed by atoms with Crippen molar-refractivity contribution in [1.29, 1.82) is 0 Å². The normalized spacial score (nSPS) is 22.7. The van der Waals surface area contributed by atoms with Gasteiger partial charge in [0, 0.05) is 40.1 Å². The van der Waals surface area contributed by atoms with E-state index in [2.05, 4.69) is 18.0 Å². The molecule has 3 aromatic rings. The summed E-state index contributed by atoms with van der Waals surface area (Å²) in [6.45, 7) is 4.51. The summed E-state index contributed by atoms with van der Waals surface area (Å²) in [7, 11) is 0. The van der Waals surface area contributed by atoms with E-state index in [4.69, 9.17) is 14.2 Å². The van der Waals surface area contributed by atoms with E-state index in [-0.39, 0.29) is 25.1 Å². The number of hydrogen-bond donors (Lipinski definition) is 1. The molecular weight excluding hydrogens is 474 g/mol. The van der Waals surface area contributed by atoms with E-state index < -0.39 is 17.8 Å². The summed E-state index contributed by atoms with van der Waals surface area (Å²) in [5.41, 5.74) is 3.71. The highest BCUT2D eigenvalue weighted by molar-refractivity contribution is 7.10. The molecule has 3 atom stereocenters. The number of carbonyl (C=O) groups is 2. The van der Waals surface area contributed by atoms with Gasteiger partial charge in [-0.15, -0.1) is 11.3 Å². The monoisotopic (exact) mass is 499 g/mol. The number of rotatable bonds is 5. The van der Waals surface area contributed by atoms with Crippen LogP contribution in [0.15, 0.2) is 89.6 Å². The van der Waals surface area contributed by atoms with E-state index in [1.165, 1.54) is 4.88 Å². The van der Waals surface area contributed by atoms with Crippen molar-refractivity contribution in [3.8, 4) is 11.5 Å². The predicted molar refractivity (Wildman–Crippen MR) is 136 cm³/mol. The first kappa shape index (κ1) is 22.6. The number of esters is 1. The maximum Gasteiger partial charge on any atom is 0.316 e. The highest BCUT2D eigenvalue weighted by Crippen LogP contribution is 2.49. The minimum Gasteiger partial charge on any atom is -0.460 e. The van der Waals surface area contributed by atoms with Crippen LogP contribution in [0.25, 0.3) is 0 Å². The van der Waals surface area contributed by atoms with E-state index in [1.54, 1.807) is 11.3 Å². The molecule has 1 aromatic heterocycles. The first-order valence-corrected chi connectivity index (χ1v) is 12.8. The van der Waals surface area contributed by atoms with Gasteiger partial charge in [0.1, 0.15) is 12.5 Å². The number of benzene rings is 2. The fourth-order valence-corrected chi connectivity index (χ4v) is 6.17. The van der Waals surface area contributed by atoms with Crippen LogP contribution in [0.3, 0.4) is 0 Å². The molecule has 0 amide bonds. The van der Waals surface area contributed by atoms with Crippen molar-refractivity contribution >= 4 is 23.1 Å². The van der Waals surface area contributed by atoms with E-state index in [0.717, 1.165) is 16.8 Å². The van der Waals surface area contributed by atoms with E-state index in [1.807, 2.05) is 60.0 Å². The molecule has 3 aliphatic rings. The lowest BCUT2D eigenvalue weighted by Crippen LogP contribution is -2.42. The third kappa shape index (κ3) is 4.09. The van der Waals surface area contributed by atoms with Crippen molar-refractivity contribution in [2.45, 2.75) is 31.3 Å². The lowest BCUT2D eigenvalue weighted by atomic mass is 9.69. The highest BCUT2D eigenvalue weighted by atomic mass is 32.1. The lowest BCUT2D eigenvalue weighted by molar-refractivity contribution is -0.149. The second-order valence-electron chi connectivity index (χ2n) is 9.25. The number of fused-ring (bicyclic) bond motifs is 1. The zero-order valence-corrected chi connectivity index (χ0v) is 20.4. The Morgan fingerprint density at radius 2 is 1.89 bits per heavy atom. The Balaban J connectivity index is 1.38. The minimum atomic E-state index is -0.755. The molecule has 0 spiro atoms. The van der Waals surface area contributed by atoms with Crippen LogP contribution in [-0.2, 0) is 20.9 Å². The molecule has 0 saturated carbocycles. The molecule has 6 rings (SSSR count). The second-order valence-corrected chi connectivity index (χ2v) is 10.2. The van der Waals surface area contributed by atoms with Crippen LogP contribution < -0.4 is 14.8 Å². The summed E-state index contributed by atoms with van der Waals surface area (Å²) < 4.78 is 16.8. The Labute approximate surface area is 213 Å². The number of thiophene rings is 1. The van der Waals surface area contributed by atoms with Gasteiger partial charge in [0.25, 0.3) is 0 Å². The van der Waals surface area contributed by atoms with Crippen molar-refractivity contribution in [3.63, 3.8) is 0 Å². The van der Waals surface area contributed by atoms with Crippen LogP contribution in [0.1, 0.15) is 40.7 Å². The summed E-state index contributed by atoms with van der Waals surface area (Å²) >= 11 is 1.66. The zero-order chi connectivity index (χ0) is 24.6. The fraction of sp³-hybridized carbons (Fsp3) is 0.241. The van der Waals surface area contributed by atoms with Crippen LogP contribution in [-0.4, -0.2) is 18.5 Å². The summed E-state index contributed by atoms with van der Waals surface area (Å²) in [4.78, 5) is 28.4. The summed E-state index contributed by atoms with van der Waals surface area (Å²) in [6, 6.07) is 19.2. The summed E-state index contributed by atoms with van der Waals surface area (Å²) in [6.07, 6.45) is 1.09. The van der Waals surface area contributed by atoms with Crippen molar-refractivity contribution in [2.24, 2.45) is 5.92 Å². The Morgan fingerprint density at radius 3 is 2.69 bits per heavy atom. The maximum absolute atomic E-state index is 13.7. The van der Waals surface area contributed by atoms with Gasteiger partial charge in [-0.25, -0.2) is 0 Å². The molecule has 0 saturated heterocycles. The highest BCUT2D eigenvalue weighted by Gasteiger charge is 2.46. The van der Waals surface area contributed by atoms with Gasteiger partial charge in [-0.3, -0.25) is 9.59 Å². The molecule has 0 fully saturated rings. The van der Waals surface area contributed by atoms with Crippen LogP contribution in [0.5, 0.6) is 11.5 Å². The number of hydrogen-bond acceptors (Lipinski definition) is 7. The third-order valence-corrected chi connectivity index (χ3v) is 8.05. The lowest BCUT2D eigenvalue weighted by Gasteiger charge is -2.39. The van der Waals surface area contributed by atoms with Crippen LogP contribution in [0.4, 0.5) is 0 Å². The average Bonchev–Trinajstić information content (AvgIpc) is 3.59. The van der Waals surface area contributed by atoms with Crippen LogP contribution >= 0.6 is 11.3 Å². The largest absolute Gasteiger partial charge is 0.460 e. The number of ether oxygens (including phenoxy) is 3. The minimum absolute atomic E-state index is 0.0400. The summed E-state index contributed by atoms with van der Waals surface area (Å²) in [5, 5.41) is 5.37. The molecule has 182 valence electrons. The average molecular weight is 500 g/mol. The number of ketones is 1. The van der Waals surface area contributed by atoms with E-state index >= 15 is 0 Å². The molecule has 1 aliphatic carbocycles. The zero-order valence-electron chi connectivity index (χ0n) is 19.6. The molecule has 2 aliphatic heterocycles. The van der Waals surface area contributed by atoms with Crippen molar-refractivity contribution in [3.05, 3.63) is 106 Å². The van der Waals surface area contributed by atoms with Gasteiger partial charge in [0.15, 0.2) is 17.3 Å². The maximum atomic E-state index is 13.7. The van der Waals surface area contributed by atoms with Gasteiger partial charge in [-0.1, -0.05) is 49.0 Å². The Kier molecular flexibility index (Phi) is 5.85. The molecule has 6 nitrogen and oxygen atoms in total. The molecule has 3 unspecified atom stereocenters. The van der Waals surface area contributed by atoms with Crippen molar-refractivity contribution in [1.82, 2.24) is 5.32 Å². The first-order valence-electron chi connectivity index (χ1n) is 11.9. The molecule has 1 N–H and O–H groups in total. The van der Waals surface area contributed by atoms with Gasteiger partial charge in [-0.2, -0.15) is 0 Å². The number of carbonyl (C=O) groups excluding carboxylic acids is 2. The molecule has 0 bridgehead atoms. The molecule has 36 heavy (non-hydrogen) atoms. The van der Waals surface area contributed by atoms with Crippen LogP contribution in [0, 0.1) is 5.92 Å². The number of nitrogens with one attached hydrogen (secondary N) is 1. The Morgan fingerprint density at radius 1 is 1.06 bits per heavy atom. The standard InChI is InChI=1S/C29H25NO5S/c1-17-26(29(32)33-15-18-6-3-2-4-7-18)27(19-9-10-23-24(14-19)35-16-34-23)28-21(30-17)12-20(13-22(28)31)25-8-5-11-36-25/h2-11,14,20,26-27,30H,1,12-13,15-16H2. The van der Waals surface area contributed by atoms with Gasteiger partial charge < -0.3 is 19.5 Å². The smallest absolute Gasteiger partial charge is 0.316 e. The van der Waals surface area contributed by atoms with Gasteiger partial charge in [0.05, 0.1) is 0 Å². The van der Waals surface area contributed by atoms with E-state index in [9.17, 15) is 9.59 Å². The van der Waals surface area contributed by atoms with Crippen LogP contribution in [0.2, 0.25) is 0 Å². The van der Waals surface area contributed by atoms with Gasteiger partial charge in [0.2, 0.25) is 6.79 Å². The van der Waals surface area contributed by atoms with Crippen molar-refractivity contribution in [2.75, 3.05) is 6.79 Å². The SMILES string of the molecule is C=C1NC2=C(C(=O)CC(c3cccs3)C2)C(c2ccc3c(c2)OCO3)C1C(=O)OCc1ccccc1. The third-order valence-electron chi connectivity index (χ3n) is 7.02. The fourth-order valence-electron chi connectivity index (χ4n) is 5.34. The second kappa shape index (κ2) is 9.32. The first-order chi connectivity index (χ1) is 17.6. The Bertz CT molecular complexity index is 1360. The number of Topliss-reactive ketones (excluding diaryl/α,β-unsaturated/α-hetero) is 1. The quantitative estimate of drug-likeness (QED) is 0.472. The molecular formula is C29H25NO5S. The summed E-state index contributed by atoms with van der Waals surface area (Å²) in [5.74, 6) is -0.294. The van der Waals surface area contributed by atoms with Gasteiger partial charge in [-0.05, 0) is 41.1 Å². The van der Waals surface area contributed by atoms with E-state index in [0.29, 0.717) is 35.6 Å². The van der Waals surface area contributed by atoms with Crippen molar-refractivity contribution < 1.29 is 23.8 Å². The number of allylic oxidation sites excluding steroid dienone is 2. The topological polar surface area (TPSA) is 73.9 Å². The Hall–Kier alpha value is -3.84. The molecule has 7 heteroatoms. The molecule has 3 heterocycles. The molecule has 2 aromatic carbocycles. The molecule has 0 radical (unpaired) electrons.